The fraction of sp³-hybridized carbons (Fsp3) is 0.0833. The molecule has 2 heterocycles. The molecule has 0 bridgehead atoms. The van der Waals surface area contributed by atoms with E-state index in [0.29, 0.717) is 22.9 Å². The number of hydrogen-bond donors (Lipinski definition) is 2. The molecule has 6 heteroatoms. The molecule has 0 atom stereocenters. The standard InChI is InChI=1S/C12H10ClN5/c13-8-3-1-2-7(4-8)5-9-10-11(14)15-6-16-12(10)18-17-9/h1-4,6H,5H2,(H3,14,15,16,17,18). The number of aromatic nitrogens is 4. The number of anilines is 1. The quantitative estimate of drug-likeness (QED) is 0.739. The smallest absolute Gasteiger partial charge is 0.186 e. The first-order chi connectivity index (χ1) is 8.74. The van der Waals surface area contributed by atoms with Crippen LogP contribution in [0.15, 0.2) is 30.6 Å². The van der Waals surface area contributed by atoms with E-state index in [2.05, 4.69) is 20.2 Å². The Morgan fingerprint density at radius 2 is 2.17 bits per heavy atom. The molecule has 0 fully saturated rings. The molecule has 0 aliphatic rings. The Balaban J connectivity index is 2.05. The first-order valence-corrected chi connectivity index (χ1v) is 5.79. The summed E-state index contributed by atoms with van der Waals surface area (Å²) in [6, 6.07) is 7.66. The molecule has 3 aromatic rings. The lowest BCUT2D eigenvalue weighted by Gasteiger charge is -2.01. The van der Waals surface area contributed by atoms with Crippen LogP contribution in [0.3, 0.4) is 0 Å². The topological polar surface area (TPSA) is 80.5 Å². The SMILES string of the molecule is Nc1ncnc2n[nH]c(Cc3cccc(Cl)c3)c12. The van der Waals surface area contributed by atoms with E-state index in [1.165, 1.54) is 6.33 Å². The van der Waals surface area contributed by atoms with Crippen molar-refractivity contribution in [2.75, 3.05) is 5.73 Å². The van der Waals surface area contributed by atoms with Crippen LogP contribution in [-0.4, -0.2) is 20.2 Å². The maximum atomic E-state index is 5.96. The van der Waals surface area contributed by atoms with Gasteiger partial charge in [0.2, 0.25) is 0 Å². The van der Waals surface area contributed by atoms with Crippen LogP contribution in [0.1, 0.15) is 11.3 Å². The predicted octanol–water partition coefficient (Wildman–Crippen LogP) is 2.18. The minimum absolute atomic E-state index is 0.436. The number of fused-ring (bicyclic) bond motifs is 1. The van der Waals surface area contributed by atoms with Gasteiger partial charge >= 0.3 is 0 Å². The van der Waals surface area contributed by atoms with Crippen molar-refractivity contribution in [1.29, 1.82) is 0 Å². The second-order valence-electron chi connectivity index (χ2n) is 3.97. The Morgan fingerprint density at radius 1 is 1.28 bits per heavy atom. The van der Waals surface area contributed by atoms with Crippen LogP contribution in [0.5, 0.6) is 0 Å². The lowest BCUT2D eigenvalue weighted by molar-refractivity contribution is 1.00. The van der Waals surface area contributed by atoms with Gasteiger partial charge in [-0.25, -0.2) is 9.97 Å². The number of benzene rings is 1. The maximum Gasteiger partial charge on any atom is 0.186 e. The number of nitrogens with one attached hydrogen (secondary N) is 1. The average molecular weight is 260 g/mol. The molecule has 0 amide bonds. The second-order valence-corrected chi connectivity index (χ2v) is 4.40. The summed E-state index contributed by atoms with van der Waals surface area (Å²) in [4.78, 5) is 8.04. The number of aromatic amines is 1. The molecule has 1 aromatic carbocycles. The third-order valence-corrected chi connectivity index (χ3v) is 2.96. The summed E-state index contributed by atoms with van der Waals surface area (Å²) < 4.78 is 0. The number of nitrogens with zero attached hydrogens (tertiary/aromatic N) is 3. The van der Waals surface area contributed by atoms with Gasteiger partial charge < -0.3 is 5.73 Å². The highest BCUT2D eigenvalue weighted by Gasteiger charge is 2.10. The lowest BCUT2D eigenvalue weighted by atomic mass is 10.1. The van der Waals surface area contributed by atoms with Crippen LogP contribution in [0.25, 0.3) is 11.0 Å². The van der Waals surface area contributed by atoms with E-state index in [9.17, 15) is 0 Å². The van der Waals surface area contributed by atoms with Gasteiger partial charge in [-0.1, -0.05) is 23.7 Å². The third-order valence-electron chi connectivity index (χ3n) is 2.73. The zero-order valence-electron chi connectivity index (χ0n) is 9.39. The van der Waals surface area contributed by atoms with Gasteiger partial charge in [0.05, 0.1) is 11.1 Å². The van der Waals surface area contributed by atoms with E-state index in [-0.39, 0.29) is 0 Å². The Bertz CT molecular complexity index is 707. The van der Waals surface area contributed by atoms with Gasteiger partial charge in [-0.3, -0.25) is 5.10 Å². The number of halogens is 1. The highest BCUT2D eigenvalue weighted by molar-refractivity contribution is 6.30. The molecule has 0 spiro atoms. The van der Waals surface area contributed by atoms with Gasteiger partial charge in [0.1, 0.15) is 12.1 Å². The highest BCUT2D eigenvalue weighted by Crippen LogP contribution is 2.22. The van der Waals surface area contributed by atoms with E-state index in [4.69, 9.17) is 17.3 Å². The molecular formula is C12H10ClN5. The molecular weight excluding hydrogens is 250 g/mol. The van der Waals surface area contributed by atoms with Crippen molar-refractivity contribution >= 4 is 28.5 Å². The van der Waals surface area contributed by atoms with E-state index in [1.54, 1.807) is 0 Å². The Hall–Kier alpha value is -2.14. The second kappa shape index (κ2) is 4.27. The van der Waals surface area contributed by atoms with Crippen molar-refractivity contribution in [3.05, 3.63) is 46.9 Å². The van der Waals surface area contributed by atoms with Gasteiger partial charge in [0.15, 0.2) is 5.65 Å². The lowest BCUT2D eigenvalue weighted by Crippen LogP contribution is -1.95. The van der Waals surface area contributed by atoms with Crippen molar-refractivity contribution in [3.63, 3.8) is 0 Å². The van der Waals surface area contributed by atoms with E-state index >= 15 is 0 Å². The van der Waals surface area contributed by atoms with Gasteiger partial charge in [0.25, 0.3) is 0 Å². The Morgan fingerprint density at radius 3 is 3.00 bits per heavy atom. The van der Waals surface area contributed by atoms with Crippen LogP contribution in [0, 0.1) is 0 Å². The van der Waals surface area contributed by atoms with Crippen LogP contribution >= 0.6 is 11.6 Å². The van der Waals surface area contributed by atoms with Crippen molar-refractivity contribution < 1.29 is 0 Å². The summed E-state index contributed by atoms with van der Waals surface area (Å²) in [5, 5.41) is 8.54. The molecule has 18 heavy (non-hydrogen) atoms. The first kappa shape index (κ1) is 11.0. The maximum absolute atomic E-state index is 5.96. The minimum Gasteiger partial charge on any atom is -0.383 e. The van der Waals surface area contributed by atoms with Crippen LogP contribution in [0.2, 0.25) is 5.02 Å². The summed E-state index contributed by atoms with van der Waals surface area (Å²) in [6.45, 7) is 0. The fourth-order valence-electron chi connectivity index (χ4n) is 1.92. The van der Waals surface area contributed by atoms with Gasteiger partial charge in [0, 0.05) is 11.4 Å². The van der Waals surface area contributed by atoms with Crippen LogP contribution < -0.4 is 5.73 Å². The largest absolute Gasteiger partial charge is 0.383 e. The number of rotatable bonds is 2. The molecule has 0 saturated carbocycles. The Kier molecular flexibility index (Phi) is 2.60. The molecule has 90 valence electrons. The monoisotopic (exact) mass is 259 g/mol. The van der Waals surface area contributed by atoms with Crippen LogP contribution in [-0.2, 0) is 6.42 Å². The number of nitrogens with two attached hydrogens (primary N) is 1. The zero-order valence-corrected chi connectivity index (χ0v) is 10.1. The van der Waals surface area contributed by atoms with Crippen molar-refractivity contribution in [1.82, 2.24) is 20.2 Å². The molecule has 3 N–H and O–H groups in total. The number of H-pyrrole nitrogens is 1. The zero-order chi connectivity index (χ0) is 12.5. The van der Waals surface area contributed by atoms with Crippen molar-refractivity contribution in [2.45, 2.75) is 6.42 Å². The van der Waals surface area contributed by atoms with Gasteiger partial charge in [-0.2, -0.15) is 5.10 Å². The molecule has 0 radical (unpaired) electrons. The molecule has 3 rings (SSSR count). The van der Waals surface area contributed by atoms with E-state index in [1.807, 2.05) is 24.3 Å². The summed E-state index contributed by atoms with van der Waals surface area (Å²) >= 11 is 5.96. The van der Waals surface area contributed by atoms with Gasteiger partial charge in [-0.05, 0) is 17.7 Å². The molecule has 5 nitrogen and oxygen atoms in total. The van der Waals surface area contributed by atoms with Crippen LogP contribution in [0.4, 0.5) is 5.82 Å². The average Bonchev–Trinajstić information content (AvgIpc) is 2.74. The van der Waals surface area contributed by atoms with Gasteiger partial charge in [-0.15, -0.1) is 0 Å². The van der Waals surface area contributed by atoms with Crippen molar-refractivity contribution in [3.8, 4) is 0 Å². The first-order valence-electron chi connectivity index (χ1n) is 5.42. The summed E-state index contributed by atoms with van der Waals surface area (Å²) in [7, 11) is 0. The minimum atomic E-state index is 0.436. The molecule has 2 aromatic heterocycles. The number of hydrogen-bond acceptors (Lipinski definition) is 4. The summed E-state index contributed by atoms with van der Waals surface area (Å²) in [5.41, 5.74) is 8.40. The molecule has 0 aliphatic heterocycles. The summed E-state index contributed by atoms with van der Waals surface area (Å²) in [6.07, 6.45) is 2.07. The molecule has 0 aliphatic carbocycles. The van der Waals surface area contributed by atoms with E-state index < -0.39 is 0 Å². The highest BCUT2D eigenvalue weighted by atomic mass is 35.5. The summed E-state index contributed by atoms with van der Waals surface area (Å²) in [5.74, 6) is 0.436. The van der Waals surface area contributed by atoms with E-state index in [0.717, 1.165) is 16.6 Å². The Labute approximate surface area is 108 Å². The van der Waals surface area contributed by atoms with Crippen molar-refractivity contribution in [2.24, 2.45) is 0 Å². The number of nitrogen functional groups attached to an aromatic ring is 1. The fourth-order valence-corrected chi connectivity index (χ4v) is 2.13. The third kappa shape index (κ3) is 1.89. The molecule has 0 unspecified atom stereocenters. The molecule has 0 saturated heterocycles. The predicted molar refractivity (Wildman–Crippen MR) is 70.4 cm³/mol. The normalized spacial score (nSPS) is 10.9.